The molecule has 1 aliphatic carbocycles. The minimum absolute atomic E-state index is 0.123. The average Bonchev–Trinajstić information content (AvgIpc) is 3.51. The first-order valence-electron chi connectivity index (χ1n) is 11.6. The predicted octanol–water partition coefficient (Wildman–Crippen LogP) is 2.52. The van der Waals surface area contributed by atoms with E-state index in [-0.39, 0.29) is 5.91 Å². The summed E-state index contributed by atoms with van der Waals surface area (Å²) in [5, 5.41) is 4.82. The van der Waals surface area contributed by atoms with Crippen LogP contribution in [0.1, 0.15) is 46.6 Å². The summed E-state index contributed by atoms with van der Waals surface area (Å²) in [4.78, 5) is 20.5. The first-order chi connectivity index (χ1) is 14.7. The number of hydrogen-bond acceptors (Lipinski definition) is 4. The Hall–Kier alpha value is -2.18. The van der Waals surface area contributed by atoms with Gasteiger partial charge in [0.05, 0.1) is 5.69 Å². The van der Waals surface area contributed by atoms with Crippen molar-refractivity contribution in [1.82, 2.24) is 24.5 Å². The van der Waals surface area contributed by atoms with E-state index in [4.69, 9.17) is 5.10 Å². The molecule has 5 rings (SSSR count). The molecule has 30 heavy (non-hydrogen) atoms. The van der Waals surface area contributed by atoms with E-state index in [9.17, 15) is 4.79 Å². The van der Waals surface area contributed by atoms with E-state index >= 15 is 0 Å². The number of nitrogens with zero attached hydrogens (tertiary/aromatic N) is 5. The molecule has 6 nitrogen and oxygen atoms in total. The highest BCUT2D eigenvalue weighted by Crippen LogP contribution is 2.29. The SMILES string of the molecule is Cc1ccc(-n2nc(C(=O)N3CCN(CCN4CCCC4)CC3)c3c2CCC3)cc1. The summed E-state index contributed by atoms with van der Waals surface area (Å²) in [6, 6.07) is 8.44. The van der Waals surface area contributed by atoms with Crippen LogP contribution in [0.2, 0.25) is 0 Å². The van der Waals surface area contributed by atoms with Crippen molar-refractivity contribution in [2.24, 2.45) is 0 Å². The second kappa shape index (κ2) is 8.52. The van der Waals surface area contributed by atoms with Crippen LogP contribution >= 0.6 is 0 Å². The molecule has 6 heteroatoms. The summed E-state index contributed by atoms with van der Waals surface area (Å²) >= 11 is 0. The molecule has 0 bridgehead atoms. The zero-order valence-corrected chi connectivity index (χ0v) is 18.1. The summed E-state index contributed by atoms with van der Waals surface area (Å²) in [6.07, 6.45) is 5.79. The van der Waals surface area contributed by atoms with Crippen molar-refractivity contribution in [3.8, 4) is 5.69 Å². The molecule has 3 aliphatic rings. The highest BCUT2D eigenvalue weighted by molar-refractivity contribution is 5.94. The van der Waals surface area contributed by atoms with Crippen LogP contribution < -0.4 is 0 Å². The van der Waals surface area contributed by atoms with Gasteiger partial charge in [0.15, 0.2) is 5.69 Å². The summed E-state index contributed by atoms with van der Waals surface area (Å²) < 4.78 is 2.02. The van der Waals surface area contributed by atoms with Crippen molar-refractivity contribution in [3.05, 3.63) is 46.8 Å². The number of fused-ring (bicyclic) bond motifs is 1. The standard InChI is InChI=1S/C24H33N5O/c1-19-7-9-20(10-8-19)29-22-6-4-5-21(22)23(25-29)24(30)28-17-15-27(16-18-28)14-13-26-11-2-3-12-26/h7-10H,2-6,11-18H2,1H3. The zero-order chi connectivity index (χ0) is 20.5. The third-order valence-electron chi connectivity index (χ3n) is 7.00. The molecule has 0 N–H and O–H groups in total. The molecule has 2 aliphatic heterocycles. The number of aryl methyl sites for hydroxylation is 1. The number of carbonyl (C=O) groups is 1. The number of carbonyl (C=O) groups excluding carboxylic acids is 1. The molecule has 0 radical (unpaired) electrons. The second-order valence-corrected chi connectivity index (χ2v) is 9.06. The van der Waals surface area contributed by atoms with Crippen LogP contribution in [0.25, 0.3) is 5.69 Å². The molecule has 0 unspecified atom stereocenters. The van der Waals surface area contributed by atoms with Gasteiger partial charge in [-0.2, -0.15) is 5.10 Å². The van der Waals surface area contributed by atoms with E-state index in [1.807, 2.05) is 9.58 Å². The van der Waals surface area contributed by atoms with Gasteiger partial charge in [0.25, 0.3) is 5.91 Å². The Morgan fingerprint density at radius 1 is 0.867 bits per heavy atom. The fraction of sp³-hybridized carbons (Fsp3) is 0.583. The molecule has 2 aromatic rings. The van der Waals surface area contributed by atoms with Gasteiger partial charge < -0.3 is 9.80 Å². The number of piperazine rings is 1. The van der Waals surface area contributed by atoms with Crippen LogP contribution in [-0.4, -0.2) is 82.7 Å². The van der Waals surface area contributed by atoms with Crippen molar-refractivity contribution in [2.75, 3.05) is 52.4 Å². The van der Waals surface area contributed by atoms with Gasteiger partial charge in [-0.1, -0.05) is 17.7 Å². The first-order valence-corrected chi connectivity index (χ1v) is 11.6. The van der Waals surface area contributed by atoms with Crippen LogP contribution in [0.4, 0.5) is 0 Å². The smallest absolute Gasteiger partial charge is 0.274 e. The highest BCUT2D eigenvalue weighted by atomic mass is 16.2. The van der Waals surface area contributed by atoms with Crippen LogP contribution in [0.5, 0.6) is 0 Å². The lowest BCUT2D eigenvalue weighted by atomic mass is 10.1. The van der Waals surface area contributed by atoms with E-state index < -0.39 is 0 Å². The molecule has 3 heterocycles. The Morgan fingerprint density at radius 3 is 2.23 bits per heavy atom. The predicted molar refractivity (Wildman–Crippen MR) is 118 cm³/mol. The van der Waals surface area contributed by atoms with E-state index in [1.54, 1.807) is 0 Å². The maximum Gasteiger partial charge on any atom is 0.274 e. The Labute approximate surface area is 179 Å². The Kier molecular flexibility index (Phi) is 5.61. The number of rotatable bonds is 5. The largest absolute Gasteiger partial charge is 0.335 e. The molecule has 2 saturated heterocycles. The van der Waals surface area contributed by atoms with Crippen molar-refractivity contribution >= 4 is 5.91 Å². The maximum absolute atomic E-state index is 13.4. The van der Waals surface area contributed by atoms with Crippen LogP contribution in [-0.2, 0) is 12.8 Å². The Bertz CT molecular complexity index is 889. The lowest BCUT2D eigenvalue weighted by molar-refractivity contribution is 0.0619. The molecular weight excluding hydrogens is 374 g/mol. The monoisotopic (exact) mass is 407 g/mol. The molecule has 0 saturated carbocycles. The third-order valence-corrected chi connectivity index (χ3v) is 7.00. The van der Waals surface area contributed by atoms with Crippen molar-refractivity contribution in [1.29, 1.82) is 0 Å². The lowest BCUT2D eigenvalue weighted by Gasteiger charge is -2.35. The van der Waals surface area contributed by atoms with Crippen LogP contribution in [0.15, 0.2) is 24.3 Å². The van der Waals surface area contributed by atoms with Gasteiger partial charge in [-0.05, 0) is 64.3 Å². The summed E-state index contributed by atoms with van der Waals surface area (Å²) in [7, 11) is 0. The van der Waals surface area contributed by atoms with E-state index in [2.05, 4.69) is 41.0 Å². The van der Waals surface area contributed by atoms with Gasteiger partial charge >= 0.3 is 0 Å². The van der Waals surface area contributed by atoms with Gasteiger partial charge in [-0.3, -0.25) is 9.69 Å². The number of hydrogen-bond donors (Lipinski definition) is 0. The maximum atomic E-state index is 13.4. The van der Waals surface area contributed by atoms with E-state index in [0.29, 0.717) is 5.69 Å². The zero-order valence-electron chi connectivity index (χ0n) is 18.1. The fourth-order valence-electron chi connectivity index (χ4n) is 5.12. The topological polar surface area (TPSA) is 44.6 Å². The van der Waals surface area contributed by atoms with Gasteiger partial charge in [-0.25, -0.2) is 4.68 Å². The molecular formula is C24H33N5O. The molecule has 0 atom stereocenters. The van der Waals surface area contributed by atoms with Gasteiger partial charge in [-0.15, -0.1) is 0 Å². The van der Waals surface area contributed by atoms with Crippen molar-refractivity contribution in [2.45, 2.75) is 39.0 Å². The highest BCUT2D eigenvalue weighted by Gasteiger charge is 2.31. The normalized spacial score (nSPS) is 20.1. The van der Waals surface area contributed by atoms with Gasteiger partial charge in [0.2, 0.25) is 0 Å². The number of amides is 1. The molecule has 0 spiro atoms. The minimum Gasteiger partial charge on any atom is -0.335 e. The summed E-state index contributed by atoms with van der Waals surface area (Å²) in [5.74, 6) is 0.123. The Balaban J connectivity index is 1.25. The Morgan fingerprint density at radius 2 is 1.53 bits per heavy atom. The van der Waals surface area contributed by atoms with E-state index in [0.717, 1.165) is 57.7 Å². The molecule has 160 valence electrons. The van der Waals surface area contributed by atoms with Gasteiger partial charge in [0.1, 0.15) is 0 Å². The fourth-order valence-corrected chi connectivity index (χ4v) is 5.12. The first kappa shape index (κ1) is 19.8. The van der Waals surface area contributed by atoms with E-state index in [1.165, 1.54) is 49.3 Å². The number of benzene rings is 1. The van der Waals surface area contributed by atoms with Crippen molar-refractivity contribution in [3.63, 3.8) is 0 Å². The van der Waals surface area contributed by atoms with Gasteiger partial charge in [0, 0.05) is 50.5 Å². The second-order valence-electron chi connectivity index (χ2n) is 9.06. The molecule has 2 fully saturated rings. The minimum atomic E-state index is 0.123. The third kappa shape index (κ3) is 3.91. The summed E-state index contributed by atoms with van der Waals surface area (Å²) in [6.45, 7) is 10.5. The molecule has 1 amide bonds. The summed E-state index contributed by atoms with van der Waals surface area (Å²) in [5.41, 5.74) is 5.39. The van der Waals surface area contributed by atoms with Crippen LogP contribution in [0.3, 0.4) is 0 Å². The molecule has 1 aromatic carbocycles. The van der Waals surface area contributed by atoms with Crippen LogP contribution in [0, 0.1) is 6.92 Å². The van der Waals surface area contributed by atoms with Crippen molar-refractivity contribution < 1.29 is 4.79 Å². The quantitative estimate of drug-likeness (QED) is 0.764. The number of likely N-dealkylation sites (tertiary alicyclic amines) is 1. The molecule has 1 aromatic heterocycles. The average molecular weight is 408 g/mol. The number of aromatic nitrogens is 2. The lowest BCUT2D eigenvalue weighted by Crippen LogP contribution is -2.50.